The van der Waals surface area contributed by atoms with Crippen LogP contribution in [0.3, 0.4) is 0 Å². The number of hydrogen-bond donors (Lipinski definition) is 2. The van der Waals surface area contributed by atoms with Crippen molar-refractivity contribution in [2.45, 2.75) is 45.8 Å². The minimum Gasteiger partial charge on any atom is -0.496 e. The van der Waals surface area contributed by atoms with E-state index in [-0.39, 0.29) is 11.6 Å². The van der Waals surface area contributed by atoms with E-state index in [9.17, 15) is 0 Å². The predicted molar refractivity (Wildman–Crippen MR) is 78.2 cm³/mol. The first-order chi connectivity index (χ1) is 8.93. The second-order valence-electron chi connectivity index (χ2n) is 5.17. The maximum atomic E-state index is 5.79. The van der Waals surface area contributed by atoms with Crippen molar-refractivity contribution in [1.29, 1.82) is 0 Å². The number of hydrazine groups is 1. The molecule has 0 aliphatic rings. The number of rotatable bonds is 6. The molecule has 0 heterocycles. The van der Waals surface area contributed by atoms with Crippen molar-refractivity contribution in [2.24, 2.45) is 5.84 Å². The van der Waals surface area contributed by atoms with Gasteiger partial charge in [-0.05, 0) is 44.4 Å². The standard InChI is InChI=1S/C15H26N2O2/c1-7-15(4,19-6)14(17-16)13-11(3)8-10(2)9-12(13)18-5/h8-9,14,17H,7,16H2,1-6H3. The first-order valence-corrected chi connectivity index (χ1v) is 6.59. The molecule has 0 saturated carbocycles. The van der Waals surface area contributed by atoms with Gasteiger partial charge in [-0.2, -0.15) is 0 Å². The van der Waals surface area contributed by atoms with E-state index in [2.05, 4.69) is 39.2 Å². The topological polar surface area (TPSA) is 56.5 Å². The highest BCUT2D eigenvalue weighted by molar-refractivity contribution is 5.46. The molecule has 19 heavy (non-hydrogen) atoms. The van der Waals surface area contributed by atoms with Gasteiger partial charge in [-0.1, -0.05) is 13.0 Å². The zero-order valence-electron chi connectivity index (χ0n) is 12.8. The van der Waals surface area contributed by atoms with Crippen LogP contribution in [0.1, 0.15) is 43.0 Å². The summed E-state index contributed by atoms with van der Waals surface area (Å²) in [5, 5.41) is 0. The van der Waals surface area contributed by atoms with Crippen LogP contribution in [0, 0.1) is 13.8 Å². The Hall–Kier alpha value is -1.10. The molecule has 4 heteroatoms. The molecule has 0 bridgehead atoms. The van der Waals surface area contributed by atoms with Crippen LogP contribution in [0.4, 0.5) is 0 Å². The second kappa shape index (κ2) is 6.37. The maximum Gasteiger partial charge on any atom is 0.124 e. The number of methoxy groups -OCH3 is 2. The quantitative estimate of drug-likeness (QED) is 0.614. The van der Waals surface area contributed by atoms with Crippen molar-refractivity contribution >= 4 is 0 Å². The molecule has 2 atom stereocenters. The van der Waals surface area contributed by atoms with Gasteiger partial charge in [0.05, 0.1) is 18.8 Å². The largest absolute Gasteiger partial charge is 0.496 e. The Morgan fingerprint density at radius 1 is 1.32 bits per heavy atom. The first-order valence-electron chi connectivity index (χ1n) is 6.59. The molecular weight excluding hydrogens is 240 g/mol. The Balaban J connectivity index is 3.40. The number of benzene rings is 1. The molecule has 3 N–H and O–H groups in total. The molecule has 0 radical (unpaired) electrons. The molecule has 1 rings (SSSR count). The smallest absolute Gasteiger partial charge is 0.124 e. The highest BCUT2D eigenvalue weighted by Gasteiger charge is 2.36. The Labute approximate surface area is 116 Å². The van der Waals surface area contributed by atoms with Gasteiger partial charge in [-0.3, -0.25) is 5.84 Å². The predicted octanol–water partition coefficient (Wildman–Crippen LogP) is 2.63. The first kappa shape index (κ1) is 16.0. The lowest BCUT2D eigenvalue weighted by Crippen LogP contribution is -2.46. The van der Waals surface area contributed by atoms with Crippen molar-refractivity contribution < 1.29 is 9.47 Å². The van der Waals surface area contributed by atoms with E-state index < -0.39 is 0 Å². The fourth-order valence-corrected chi connectivity index (χ4v) is 2.51. The number of aryl methyl sites for hydroxylation is 2. The Morgan fingerprint density at radius 2 is 1.95 bits per heavy atom. The Bertz CT molecular complexity index is 428. The van der Waals surface area contributed by atoms with E-state index in [4.69, 9.17) is 15.3 Å². The molecule has 0 amide bonds. The number of nitrogens with one attached hydrogen (secondary N) is 1. The van der Waals surface area contributed by atoms with E-state index in [1.54, 1.807) is 14.2 Å². The molecule has 0 spiro atoms. The summed E-state index contributed by atoms with van der Waals surface area (Å²) in [7, 11) is 3.39. The van der Waals surface area contributed by atoms with Crippen molar-refractivity contribution in [3.8, 4) is 5.75 Å². The summed E-state index contributed by atoms with van der Waals surface area (Å²) in [5.74, 6) is 6.63. The van der Waals surface area contributed by atoms with Gasteiger partial charge in [0, 0.05) is 12.7 Å². The fraction of sp³-hybridized carbons (Fsp3) is 0.600. The molecular formula is C15H26N2O2. The maximum absolute atomic E-state index is 5.79. The minimum absolute atomic E-state index is 0.127. The molecule has 1 aromatic rings. The molecule has 0 aromatic heterocycles. The van der Waals surface area contributed by atoms with Gasteiger partial charge < -0.3 is 9.47 Å². The third kappa shape index (κ3) is 3.08. The molecule has 108 valence electrons. The van der Waals surface area contributed by atoms with E-state index in [1.807, 2.05) is 6.07 Å². The summed E-state index contributed by atoms with van der Waals surface area (Å²) >= 11 is 0. The van der Waals surface area contributed by atoms with Crippen molar-refractivity contribution in [2.75, 3.05) is 14.2 Å². The monoisotopic (exact) mass is 266 g/mol. The zero-order valence-corrected chi connectivity index (χ0v) is 12.8. The van der Waals surface area contributed by atoms with Gasteiger partial charge >= 0.3 is 0 Å². The summed E-state index contributed by atoms with van der Waals surface area (Å²) in [4.78, 5) is 0. The highest BCUT2D eigenvalue weighted by atomic mass is 16.5. The summed E-state index contributed by atoms with van der Waals surface area (Å²) < 4.78 is 11.2. The average molecular weight is 266 g/mol. The van der Waals surface area contributed by atoms with Crippen LogP contribution in [-0.4, -0.2) is 19.8 Å². The molecule has 0 aliphatic carbocycles. The van der Waals surface area contributed by atoms with Crippen molar-refractivity contribution in [3.05, 3.63) is 28.8 Å². The van der Waals surface area contributed by atoms with E-state index in [1.165, 1.54) is 5.56 Å². The summed E-state index contributed by atoms with van der Waals surface area (Å²) in [6.07, 6.45) is 0.842. The van der Waals surface area contributed by atoms with Gasteiger partial charge in [0.1, 0.15) is 5.75 Å². The highest BCUT2D eigenvalue weighted by Crippen LogP contribution is 2.38. The number of ether oxygens (including phenoxy) is 2. The van der Waals surface area contributed by atoms with Gasteiger partial charge in [-0.15, -0.1) is 0 Å². The Kier molecular flexibility index (Phi) is 5.35. The lowest BCUT2D eigenvalue weighted by Gasteiger charge is -2.37. The normalized spacial score (nSPS) is 15.9. The number of hydrogen-bond acceptors (Lipinski definition) is 4. The minimum atomic E-state index is -0.387. The van der Waals surface area contributed by atoms with Gasteiger partial charge in [0.2, 0.25) is 0 Å². The van der Waals surface area contributed by atoms with E-state index in [0.29, 0.717) is 0 Å². The van der Waals surface area contributed by atoms with Gasteiger partial charge in [0.15, 0.2) is 0 Å². The SMILES string of the molecule is CCC(C)(OC)C(NN)c1c(C)cc(C)cc1OC. The van der Waals surface area contributed by atoms with Crippen LogP contribution in [-0.2, 0) is 4.74 Å². The van der Waals surface area contributed by atoms with Gasteiger partial charge in [-0.25, -0.2) is 5.43 Å². The Morgan fingerprint density at radius 3 is 2.37 bits per heavy atom. The molecule has 2 unspecified atom stereocenters. The van der Waals surface area contributed by atoms with Crippen LogP contribution in [0.5, 0.6) is 5.75 Å². The summed E-state index contributed by atoms with van der Waals surface area (Å²) in [6.45, 7) is 8.26. The third-order valence-corrected chi connectivity index (χ3v) is 3.95. The number of nitrogens with two attached hydrogens (primary N) is 1. The molecule has 4 nitrogen and oxygen atoms in total. The molecule has 1 aromatic carbocycles. The molecule has 0 aliphatic heterocycles. The fourth-order valence-electron chi connectivity index (χ4n) is 2.51. The van der Waals surface area contributed by atoms with Crippen LogP contribution in [0.2, 0.25) is 0 Å². The lowest BCUT2D eigenvalue weighted by atomic mass is 9.85. The van der Waals surface area contributed by atoms with Crippen LogP contribution >= 0.6 is 0 Å². The summed E-state index contributed by atoms with van der Waals surface area (Å²) in [6, 6.07) is 4.03. The van der Waals surface area contributed by atoms with Gasteiger partial charge in [0.25, 0.3) is 0 Å². The third-order valence-electron chi connectivity index (χ3n) is 3.95. The summed E-state index contributed by atoms with van der Waals surface area (Å²) in [5.41, 5.74) is 5.88. The van der Waals surface area contributed by atoms with Crippen LogP contribution in [0.25, 0.3) is 0 Å². The van der Waals surface area contributed by atoms with Crippen molar-refractivity contribution in [3.63, 3.8) is 0 Å². The van der Waals surface area contributed by atoms with Crippen molar-refractivity contribution in [1.82, 2.24) is 5.43 Å². The molecule has 0 saturated heterocycles. The van der Waals surface area contributed by atoms with Crippen LogP contribution < -0.4 is 16.0 Å². The average Bonchev–Trinajstić information content (AvgIpc) is 2.40. The van der Waals surface area contributed by atoms with Crippen LogP contribution in [0.15, 0.2) is 12.1 Å². The second-order valence-corrected chi connectivity index (χ2v) is 5.17. The lowest BCUT2D eigenvalue weighted by molar-refractivity contribution is -0.0307. The van der Waals surface area contributed by atoms with E-state index in [0.717, 1.165) is 23.3 Å². The van der Waals surface area contributed by atoms with E-state index >= 15 is 0 Å². The molecule has 0 fully saturated rings. The zero-order chi connectivity index (χ0) is 14.6.